The molecule has 0 radical (unpaired) electrons. The maximum Gasteiger partial charge on any atom is 0.160 e. The molecule has 0 aromatic carbocycles. The topological polar surface area (TPSA) is 39.1 Å². The second-order valence-electron chi connectivity index (χ2n) is 5.77. The Hall–Kier alpha value is -1.03. The van der Waals surface area contributed by atoms with Gasteiger partial charge in [-0.1, -0.05) is 19.8 Å². The Kier molecular flexibility index (Phi) is 5.89. The van der Waals surface area contributed by atoms with E-state index in [-0.39, 0.29) is 0 Å². The summed E-state index contributed by atoms with van der Waals surface area (Å²) in [7, 11) is 1.76. The predicted octanol–water partition coefficient (Wildman–Crippen LogP) is 3.19. The molecular formula is C16H29N3O. The molecule has 0 spiro atoms. The monoisotopic (exact) mass is 279 g/mol. The number of aryl methyl sites for hydroxylation is 1. The molecule has 1 heterocycles. The fourth-order valence-electron chi connectivity index (χ4n) is 3.44. The molecule has 1 aliphatic carbocycles. The average molecular weight is 279 g/mol. The second kappa shape index (κ2) is 7.67. The molecule has 20 heavy (non-hydrogen) atoms. The van der Waals surface area contributed by atoms with Crippen molar-refractivity contribution in [2.45, 2.75) is 58.4 Å². The van der Waals surface area contributed by atoms with E-state index in [4.69, 9.17) is 4.74 Å². The van der Waals surface area contributed by atoms with Crippen LogP contribution in [0.1, 0.15) is 57.6 Å². The van der Waals surface area contributed by atoms with Crippen molar-refractivity contribution in [1.29, 1.82) is 0 Å². The van der Waals surface area contributed by atoms with Crippen molar-refractivity contribution in [3.63, 3.8) is 0 Å². The number of methoxy groups -OCH3 is 1. The highest BCUT2D eigenvalue weighted by atomic mass is 16.5. The highest BCUT2D eigenvalue weighted by molar-refractivity contribution is 5.29. The van der Waals surface area contributed by atoms with Gasteiger partial charge < -0.3 is 10.1 Å². The van der Waals surface area contributed by atoms with E-state index >= 15 is 0 Å². The molecule has 2 rings (SSSR count). The lowest BCUT2D eigenvalue weighted by Crippen LogP contribution is -2.31. The molecule has 0 aliphatic heterocycles. The van der Waals surface area contributed by atoms with Gasteiger partial charge in [0.05, 0.1) is 19.0 Å². The van der Waals surface area contributed by atoms with Crippen LogP contribution >= 0.6 is 0 Å². The summed E-state index contributed by atoms with van der Waals surface area (Å²) < 4.78 is 7.68. The summed E-state index contributed by atoms with van der Waals surface area (Å²) in [6.45, 7) is 7.54. The molecule has 0 amide bonds. The van der Waals surface area contributed by atoms with Crippen LogP contribution in [0.25, 0.3) is 0 Å². The van der Waals surface area contributed by atoms with Gasteiger partial charge in [0.15, 0.2) is 5.75 Å². The number of hydrogen-bond donors (Lipinski definition) is 1. The SMILES string of the molecule is CCCNCC1CCCCC1c1c(OC)cnn1CC. The average Bonchev–Trinajstić information content (AvgIpc) is 2.91. The molecule has 114 valence electrons. The number of nitrogens with zero attached hydrogens (tertiary/aromatic N) is 2. The van der Waals surface area contributed by atoms with E-state index < -0.39 is 0 Å². The predicted molar refractivity (Wildman–Crippen MR) is 82.3 cm³/mol. The van der Waals surface area contributed by atoms with Crippen molar-refractivity contribution >= 4 is 0 Å². The zero-order valence-corrected chi connectivity index (χ0v) is 13.2. The largest absolute Gasteiger partial charge is 0.493 e. The van der Waals surface area contributed by atoms with Gasteiger partial charge in [-0.15, -0.1) is 0 Å². The fraction of sp³-hybridized carbons (Fsp3) is 0.812. The van der Waals surface area contributed by atoms with Gasteiger partial charge >= 0.3 is 0 Å². The number of rotatable bonds is 7. The van der Waals surface area contributed by atoms with Crippen molar-refractivity contribution in [3.05, 3.63) is 11.9 Å². The molecule has 1 N–H and O–H groups in total. The van der Waals surface area contributed by atoms with Crippen LogP contribution in [0.2, 0.25) is 0 Å². The third-order valence-corrected chi connectivity index (χ3v) is 4.46. The van der Waals surface area contributed by atoms with E-state index in [9.17, 15) is 0 Å². The van der Waals surface area contributed by atoms with Gasteiger partial charge in [0.1, 0.15) is 0 Å². The molecule has 1 aromatic heterocycles. The fourth-order valence-corrected chi connectivity index (χ4v) is 3.44. The Morgan fingerprint density at radius 1 is 1.35 bits per heavy atom. The zero-order valence-electron chi connectivity index (χ0n) is 13.2. The minimum absolute atomic E-state index is 0.588. The minimum Gasteiger partial charge on any atom is -0.493 e. The molecule has 2 atom stereocenters. The number of nitrogens with one attached hydrogen (secondary N) is 1. The molecule has 1 aliphatic rings. The first-order valence-electron chi connectivity index (χ1n) is 8.12. The first-order chi connectivity index (χ1) is 9.81. The van der Waals surface area contributed by atoms with E-state index in [1.54, 1.807) is 7.11 Å². The van der Waals surface area contributed by atoms with Gasteiger partial charge in [-0.3, -0.25) is 4.68 Å². The maximum absolute atomic E-state index is 5.55. The molecule has 1 fully saturated rings. The summed E-state index contributed by atoms with van der Waals surface area (Å²) in [5.41, 5.74) is 1.32. The quantitative estimate of drug-likeness (QED) is 0.779. The smallest absolute Gasteiger partial charge is 0.160 e. The normalized spacial score (nSPS) is 22.9. The molecule has 4 nitrogen and oxygen atoms in total. The molecule has 0 bridgehead atoms. The lowest BCUT2D eigenvalue weighted by atomic mass is 9.77. The number of hydrogen-bond acceptors (Lipinski definition) is 3. The van der Waals surface area contributed by atoms with Gasteiger partial charge in [-0.25, -0.2) is 0 Å². The van der Waals surface area contributed by atoms with Gasteiger partial charge in [0.25, 0.3) is 0 Å². The van der Waals surface area contributed by atoms with Crippen LogP contribution in [0.4, 0.5) is 0 Å². The Morgan fingerprint density at radius 3 is 2.85 bits per heavy atom. The van der Waals surface area contributed by atoms with E-state index in [1.165, 1.54) is 37.8 Å². The summed E-state index contributed by atoms with van der Waals surface area (Å²) in [4.78, 5) is 0. The molecule has 0 saturated heterocycles. The second-order valence-corrected chi connectivity index (χ2v) is 5.77. The highest BCUT2D eigenvalue weighted by Crippen LogP contribution is 2.41. The van der Waals surface area contributed by atoms with Gasteiger partial charge in [0.2, 0.25) is 0 Å². The van der Waals surface area contributed by atoms with Crippen molar-refractivity contribution in [1.82, 2.24) is 15.1 Å². The molecule has 4 heteroatoms. The van der Waals surface area contributed by atoms with E-state index in [1.807, 2.05) is 6.20 Å². The summed E-state index contributed by atoms with van der Waals surface area (Å²) in [6, 6.07) is 0. The van der Waals surface area contributed by atoms with Gasteiger partial charge in [-0.05, 0) is 45.2 Å². The van der Waals surface area contributed by atoms with E-state index in [0.29, 0.717) is 11.8 Å². The first kappa shape index (κ1) is 15.4. The molecular weight excluding hydrogens is 250 g/mol. The third kappa shape index (κ3) is 3.35. The maximum atomic E-state index is 5.55. The summed E-state index contributed by atoms with van der Waals surface area (Å²) >= 11 is 0. The van der Waals surface area contributed by atoms with Crippen LogP contribution in [-0.4, -0.2) is 30.0 Å². The Bertz CT molecular complexity index is 381. The van der Waals surface area contributed by atoms with Crippen molar-refractivity contribution in [2.24, 2.45) is 5.92 Å². The first-order valence-corrected chi connectivity index (χ1v) is 8.12. The molecule has 2 unspecified atom stereocenters. The minimum atomic E-state index is 0.588. The molecule has 1 saturated carbocycles. The third-order valence-electron chi connectivity index (χ3n) is 4.46. The zero-order chi connectivity index (χ0) is 14.4. The van der Waals surface area contributed by atoms with Gasteiger partial charge in [0, 0.05) is 12.5 Å². The lowest BCUT2D eigenvalue weighted by Gasteiger charge is -2.32. The van der Waals surface area contributed by atoms with Gasteiger partial charge in [-0.2, -0.15) is 5.10 Å². The highest BCUT2D eigenvalue weighted by Gasteiger charge is 2.31. The Morgan fingerprint density at radius 2 is 2.15 bits per heavy atom. The van der Waals surface area contributed by atoms with Crippen LogP contribution in [0.15, 0.2) is 6.20 Å². The number of ether oxygens (including phenoxy) is 1. The van der Waals surface area contributed by atoms with E-state index in [0.717, 1.165) is 25.4 Å². The summed E-state index contributed by atoms with van der Waals surface area (Å²) in [6.07, 6.45) is 8.35. The standard InChI is InChI=1S/C16H29N3O/c1-4-10-17-11-13-8-6-7-9-14(13)16-15(20-3)12-18-19(16)5-2/h12-14,17H,4-11H2,1-3H3. The number of aromatic nitrogens is 2. The van der Waals surface area contributed by atoms with E-state index in [2.05, 4.69) is 28.9 Å². The molecule has 1 aromatic rings. The lowest BCUT2D eigenvalue weighted by molar-refractivity contribution is 0.276. The summed E-state index contributed by atoms with van der Waals surface area (Å²) in [5.74, 6) is 2.27. The van der Waals surface area contributed by atoms with Crippen LogP contribution in [-0.2, 0) is 6.54 Å². The van der Waals surface area contributed by atoms with Crippen LogP contribution < -0.4 is 10.1 Å². The van der Waals surface area contributed by atoms with Crippen LogP contribution in [0.3, 0.4) is 0 Å². The summed E-state index contributed by atoms with van der Waals surface area (Å²) in [5, 5.41) is 8.08. The van der Waals surface area contributed by atoms with Crippen LogP contribution in [0.5, 0.6) is 5.75 Å². The van der Waals surface area contributed by atoms with Crippen molar-refractivity contribution < 1.29 is 4.74 Å². The van der Waals surface area contributed by atoms with Crippen LogP contribution in [0, 0.1) is 5.92 Å². The van der Waals surface area contributed by atoms with Crippen molar-refractivity contribution in [3.8, 4) is 5.75 Å². The Labute approximate surface area is 122 Å². The van der Waals surface area contributed by atoms with Crippen molar-refractivity contribution in [2.75, 3.05) is 20.2 Å². The Balaban J connectivity index is 2.16.